The molecule has 0 aliphatic heterocycles. The van der Waals surface area contributed by atoms with Gasteiger partial charge in [0.1, 0.15) is 5.75 Å². The van der Waals surface area contributed by atoms with Crippen LogP contribution in [0.15, 0.2) is 48.5 Å². The molecule has 2 unspecified atom stereocenters. The lowest BCUT2D eigenvalue weighted by Crippen LogP contribution is -2.42. The number of hydrogen-bond donors (Lipinski definition) is 1. The lowest BCUT2D eigenvalue weighted by molar-refractivity contribution is -0.128. The second-order valence-corrected chi connectivity index (χ2v) is 6.72. The number of nitrogens with one attached hydrogen (secondary N) is 1. The quantitative estimate of drug-likeness (QED) is 0.763. The van der Waals surface area contributed by atoms with E-state index in [9.17, 15) is 4.79 Å². The van der Waals surface area contributed by atoms with Crippen LogP contribution >= 0.6 is 0 Å². The van der Waals surface area contributed by atoms with E-state index in [1.165, 1.54) is 5.56 Å². The Labute approximate surface area is 151 Å². The van der Waals surface area contributed by atoms with Crippen LogP contribution in [-0.2, 0) is 11.2 Å². The second kappa shape index (κ2) is 9.26. The van der Waals surface area contributed by atoms with E-state index in [1.54, 1.807) is 0 Å². The summed E-state index contributed by atoms with van der Waals surface area (Å²) in [5.74, 6) is 0.753. The molecule has 1 amide bonds. The van der Waals surface area contributed by atoms with Crippen molar-refractivity contribution >= 4 is 5.91 Å². The van der Waals surface area contributed by atoms with E-state index in [0.717, 1.165) is 29.7 Å². The molecular weight excluding hydrogens is 310 g/mol. The third-order valence-electron chi connectivity index (χ3n) is 4.37. The Balaban J connectivity index is 1.89. The number of aryl methyl sites for hydroxylation is 3. The third kappa shape index (κ3) is 5.93. The van der Waals surface area contributed by atoms with Crippen LogP contribution in [0, 0.1) is 13.8 Å². The van der Waals surface area contributed by atoms with E-state index in [1.807, 2.05) is 58.0 Å². The standard InChI is InChI=1S/C22H29NO2/c1-5-20(25-21-15-16(2)11-12-17(21)3)22(24)23-18(4)13-14-19-9-7-6-8-10-19/h6-12,15,18,20H,5,13-14H2,1-4H3,(H,23,24). The Morgan fingerprint density at radius 3 is 2.52 bits per heavy atom. The molecule has 0 fully saturated rings. The van der Waals surface area contributed by atoms with Gasteiger partial charge in [-0.25, -0.2) is 0 Å². The van der Waals surface area contributed by atoms with E-state index < -0.39 is 6.10 Å². The maximum atomic E-state index is 12.6. The number of rotatable bonds is 8. The zero-order chi connectivity index (χ0) is 18.2. The van der Waals surface area contributed by atoms with Crippen LogP contribution in [0.1, 0.15) is 43.4 Å². The van der Waals surface area contributed by atoms with Crippen LogP contribution in [-0.4, -0.2) is 18.1 Å². The van der Waals surface area contributed by atoms with E-state index in [2.05, 4.69) is 23.5 Å². The van der Waals surface area contributed by atoms with E-state index in [4.69, 9.17) is 4.74 Å². The zero-order valence-electron chi connectivity index (χ0n) is 15.7. The van der Waals surface area contributed by atoms with Gasteiger partial charge in [0.2, 0.25) is 0 Å². The van der Waals surface area contributed by atoms with Gasteiger partial charge in [-0.15, -0.1) is 0 Å². The van der Waals surface area contributed by atoms with E-state index >= 15 is 0 Å². The van der Waals surface area contributed by atoms with Crippen molar-refractivity contribution in [2.75, 3.05) is 0 Å². The van der Waals surface area contributed by atoms with Gasteiger partial charge >= 0.3 is 0 Å². The molecule has 25 heavy (non-hydrogen) atoms. The van der Waals surface area contributed by atoms with E-state index in [-0.39, 0.29) is 11.9 Å². The molecule has 134 valence electrons. The monoisotopic (exact) mass is 339 g/mol. The predicted molar refractivity (Wildman–Crippen MR) is 103 cm³/mol. The molecule has 3 heteroatoms. The molecule has 2 atom stereocenters. The number of benzene rings is 2. The largest absolute Gasteiger partial charge is 0.480 e. The number of ether oxygens (including phenoxy) is 1. The van der Waals surface area contributed by atoms with Gasteiger partial charge in [0.15, 0.2) is 6.10 Å². The summed E-state index contributed by atoms with van der Waals surface area (Å²) in [7, 11) is 0. The second-order valence-electron chi connectivity index (χ2n) is 6.72. The van der Waals surface area contributed by atoms with Gasteiger partial charge in [0, 0.05) is 6.04 Å². The van der Waals surface area contributed by atoms with Crippen LogP contribution < -0.4 is 10.1 Å². The molecule has 1 N–H and O–H groups in total. The van der Waals surface area contributed by atoms with Gasteiger partial charge < -0.3 is 10.1 Å². The van der Waals surface area contributed by atoms with Gasteiger partial charge in [-0.05, 0) is 62.8 Å². The molecule has 0 aliphatic carbocycles. The van der Waals surface area contributed by atoms with Crippen molar-refractivity contribution in [3.8, 4) is 5.75 Å². The fourth-order valence-electron chi connectivity index (χ4n) is 2.75. The summed E-state index contributed by atoms with van der Waals surface area (Å²) in [5.41, 5.74) is 3.48. The molecule has 0 bridgehead atoms. The minimum Gasteiger partial charge on any atom is -0.480 e. The van der Waals surface area contributed by atoms with Gasteiger partial charge in [-0.2, -0.15) is 0 Å². The van der Waals surface area contributed by atoms with Crippen molar-refractivity contribution in [3.05, 3.63) is 65.2 Å². The highest BCUT2D eigenvalue weighted by atomic mass is 16.5. The lowest BCUT2D eigenvalue weighted by atomic mass is 10.1. The summed E-state index contributed by atoms with van der Waals surface area (Å²) in [6.45, 7) is 8.05. The lowest BCUT2D eigenvalue weighted by Gasteiger charge is -2.21. The Kier molecular flexibility index (Phi) is 7.05. The highest BCUT2D eigenvalue weighted by molar-refractivity contribution is 5.81. The number of carbonyl (C=O) groups is 1. The van der Waals surface area contributed by atoms with Gasteiger partial charge in [-0.3, -0.25) is 4.79 Å². The summed E-state index contributed by atoms with van der Waals surface area (Å²) in [6.07, 6.45) is 2.05. The minimum atomic E-state index is -0.459. The van der Waals surface area contributed by atoms with Crippen LogP contribution in [0.5, 0.6) is 5.75 Å². The molecule has 2 rings (SSSR count). The van der Waals surface area contributed by atoms with Crippen molar-refractivity contribution in [2.24, 2.45) is 0 Å². The van der Waals surface area contributed by atoms with Gasteiger partial charge in [-0.1, -0.05) is 49.4 Å². The van der Waals surface area contributed by atoms with Crippen molar-refractivity contribution in [3.63, 3.8) is 0 Å². The highest BCUT2D eigenvalue weighted by Gasteiger charge is 2.20. The molecule has 0 radical (unpaired) electrons. The average molecular weight is 339 g/mol. The Hall–Kier alpha value is -2.29. The van der Waals surface area contributed by atoms with Crippen LogP contribution in [0.3, 0.4) is 0 Å². The van der Waals surface area contributed by atoms with Crippen LogP contribution in [0.4, 0.5) is 0 Å². The molecule has 0 saturated carbocycles. The molecule has 0 spiro atoms. The summed E-state index contributed by atoms with van der Waals surface area (Å²) in [5, 5.41) is 3.09. The van der Waals surface area contributed by atoms with Crippen molar-refractivity contribution in [2.45, 2.75) is 59.1 Å². The highest BCUT2D eigenvalue weighted by Crippen LogP contribution is 2.21. The van der Waals surface area contributed by atoms with Gasteiger partial charge in [0.25, 0.3) is 5.91 Å². The molecule has 2 aromatic rings. The average Bonchev–Trinajstić information content (AvgIpc) is 2.61. The SMILES string of the molecule is CCC(Oc1cc(C)ccc1C)C(=O)NC(C)CCc1ccccc1. The fourth-order valence-corrected chi connectivity index (χ4v) is 2.75. The number of amides is 1. The first-order valence-electron chi connectivity index (χ1n) is 9.07. The molecule has 0 aromatic heterocycles. The van der Waals surface area contributed by atoms with Crippen LogP contribution in [0.25, 0.3) is 0 Å². The number of carbonyl (C=O) groups excluding carboxylic acids is 1. The maximum Gasteiger partial charge on any atom is 0.261 e. The molecule has 2 aromatic carbocycles. The van der Waals surface area contributed by atoms with Crippen molar-refractivity contribution in [1.82, 2.24) is 5.32 Å². The van der Waals surface area contributed by atoms with Gasteiger partial charge in [0.05, 0.1) is 0 Å². The molecule has 0 heterocycles. The summed E-state index contributed by atoms with van der Waals surface area (Å²) >= 11 is 0. The maximum absolute atomic E-state index is 12.6. The van der Waals surface area contributed by atoms with Crippen LogP contribution in [0.2, 0.25) is 0 Å². The first-order valence-corrected chi connectivity index (χ1v) is 9.07. The van der Waals surface area contributed by atoms with E-state index in [0.29, 0.717) is 6.42 Å². The molecular formula is C22H29NO2. The molecule has 0 saturated heterocycles. The molecule has 3 nitrogen and oxygen atoms in total. The summed E-state index contributed by atoms with van der Waals surface area (Å²) < 4.78 is 5.99. The summed E-state index contributed by atoms with van der Waals surface area (Å²) in [4.78, 5) is 12.6. The smallest absolute Gasteiger partial charge is 0.261 e. The first-order chi connectivity index (χ1) is 12.0. The Bertz CT molecular complexity index is 682. The zero-order valence-corrected chi connectivity index (χ0v) is 15.7. The van der Waals surface area contributed by atoms with Crippen molar-refractivity contribution < 1.29 is 9.53 Å². The Morgan fingerprint density at radius 2 is 1.84 bits per heavy atom. The normalized spacial score (nSPS) is 13.1. The number of hydrogen-bond acceptors (Lipinski definition) is 2. The predicted octanol–water partition coefficient (Wildman–Crippen LogP) is 4.60. The summed E-state index contributed by atoms with van der Waals surface area (Å²) in [6, 6.07) is 16.5. The third-order valence-corrected chi connectivity index (χ3v) is 4.37. The van der Waals surface area contributed by atoms with Crippen molar-refractivity contribution in [1.29, 1.82) is 0 Å². The first kappa shape index (κ1) is 19.0. The topological polar surface area (TPSA) is 38.3 Å². The Morgan fingerprint density at radius 1 is 1.12 bits per heavy atom. The minimum absolute atomic E-state index is 0.0380. The molecule has 0 aliphatic rings. The fraction of sp³-hybridized carbons (Fsp3) is 0.409.